The van der Waals surface area contributed by atoms with Gasteiger partial charge in [0.25, 0.3) is 0 Å². The third-order valence-electron chi connectivity index (χ3n) is 4.44. The van der Waals surface area contributed by atoms with Crippen LogP contribution in [0.2, 0.25) is 0 Å². The molecular weight excluding hydrogens is 254 g/mol. The van der Waals surface area contributed by atoms with Gasteiger partial charge in [-0.1, -0.05) is 30.4 Å². The number of allylic oxidation sites excluding steroid dienone is 2. The molecule has 0 saturated heterocycles. The lowest BCUT2D eigenvalue weighted by molar-refractivity contribution is -0.313. The van der Waals surface area contributed by atoms with E-state index in [1.165, 1.54) is 0 Å². The second-order valence-corrected chi connectivity index (χ2v) is 5.62. The molecular formula is C16H16NO3-. The Morgan fingerprint density at radius 2 is 1.80 bits per heavy atom. The number of nitrogens with one attached hydrogen (secondary N) is 1. The van der Waals surface area contributed by atoms with Gasteiger partial charge in [-0.3, -0.25) is 4.79 Å². The van der Waals surface area contributed by atoms with Crippen molar-refractivity contribution in [1.29, 1.82) is 0 Å². The zero-order chi connectivity index (χ0) is 14.3. The predicted molar refractivity (Wildman–Crippen MR) is 72.5 cm³/mol. The Hall–Kier alpha value is -2.10. The summed E-state index contributed by atoms with van der Waals surface area (Å²) in [6.07, 6.45) is 4.61. The number of rotatable bonds is 3. The molecule has 0 spiro atoms. The topological polar surface area (TPSA) is 69.2 Å². The molecule has 20 heavy (non-hydrogen) atoms. The van der Waals surface area contributed by atoms with Gasteiger partial charge in [0.2, 0.25) is 5.91 Å². The second-order valence-electron chi connectivity index (χ2n) is 5.62. The average molecular weight is 270 g/mol. The number of aliphatic carboxylic acids is 1. The van der Waals surface area contributed by atoms with E-state index in [1.807, 2.05) is 43.3 Å². The number of carbonyl (C=O) groups is 2. The van der Waals surface area contributed by atoms with Crippen LogP contribution in [0, 0.1) is 30.6 Å². The summed E-state index contributed by atoms with van der Waals surface area (Å²) in [6.45, 7) is 1.91. The van der Waals surface area contributed by atoms with Crippen molar-refractivity contribution in [3.8, 4) is 0 Å². The van der Waals surface area contributed by atoms with Crippen LogP contribution in [0.1, 0.15) is 12.0 Å². The SMILES string of the molecule is Cc1ccccc1NC(=O)[C@H]1[C@@H](C(=O)[O-])[C@@H]2C=C[C@H]1C2. The molecule has 0 heterocycles. The van der Waals surface area contributed by atoms with Crippen LogP contribution in [-0.2, 0) is 9.59 Å². The number of anilines is 1. The summed E-state index contributed by atoms with van der Waals surface area (Å²) in [4.78, 5) is 23.7. The number of benzene rings is 1. The molecule has 4 nitrogen and oxygen atoms in total. The molecule has 1 fully saturated rings. The first-order valence-corrected chi connectivity index (χ1v) is 6.83. The van der Waals surface area contributed by atoms with Gasteiger partial charge in [0.1, 0.15) is 0 Å². The van der Waals surface area contributed by atoms with E-state index in [9.17, 15) is 14.7 Å². The first-order chi connectivity index (χ1) is 9.58. The van der Waals surface area contributed by atoms with Gasteiger partial charge in [-0.2, -0.15) is 0 Å². The van der Waals surface area contributed by atoms with Gasteiger partial charge in [-0.15, -0.1) is 0 Å². The van der Waals surface area contributed by atoms with Crippen LogP contribution in [0.15, 0.2) is 36.4 Å². The molecule has 3 rings (SSSR count). The number of carbonyl (C=O) groups excluding carboxylic acids is 2. The molecule has 4 atom stereocenters. The van der Waals surface area contributed by atoms with Gasteiger partial charge in [0.05, 0.1) is 5.92 Å². The fraction of sp³-hybridized carbons (Fsp3) is 0.375. The third-order valence-corrected chi connectivity index (χ3v) is 4.44. The first-order valence-electron chi connectivity index (χ1n) is 6.83. The molecule has 0 aliphatic heterocycles. The lowest BCUT2D eigenvalue weighted by atomic mass is 9.82. The minimum atomic E-state index is -1.12. The molecule has 0 aromatic heterocycles. The third kappa shape index (κ3) is 2.01. The molecule has 1 N–H and O–H groups in total. The Labute approximate surface area is 117 Å². The van der Waals surface area contributed by atoms with E-state index in [4.69, 9.17) is 0 Å². The highest BCUT2D eigenvalue weighted by Crippen LogP contribution is 2.48. The number of para-hydroxylation sites is 1. The van der Waals surface area contributed by atoms with Crippen molar-refractivity contribution in [2.75, 3.05) is 5.32 Å². The summed E-state index contributed by atoms with van der Waals surface area (Å²) in [5, 5.41) is 14.2. The van der Waals surface area contributed by atoms with Gasteiger partial charge in [-0.05, 0) is 36.8 Å². The van der Waals surface area contributed by atoms with Gasteiger partial charge in [-0.25, -0.2) is 0 Å². The van der Waals surface area contributed by atoms with E-state index in [2.05, 4.69) is 5.32 Å². The molecule has 1 aromatic rings. The minimum Gasteiger partial charge on any atom is -0.550 e. The molecule has 1 saturated carbocycles. The minimum absolute atomic E-state index is 0.0203. The zero-order valence-corrected chi connectivity index (χ0v) is 11.2. The van der Waals surface area contributed by atoms with Crippen LogP contribution in [0.25, 0.3) is 0 Å². The van der Waals surface area contributed by atoms with Gasteiger partial charge >= 0.3 is 0 Å². The molecule has 2 aliphatic rings. The molecule has 0 unspecified atom stereocenters. The van der Waals surface area contributed by atoms with Crippen molar-refractivity contribution in [2.24, 2.45) is 23.7 Å². The number of hydrogen-bond acceptors (Lipinski definition) is 3. The molecule has 104 valence electrons. The van der Waals surface area contributed by atoms with Crippen LogP contribution < -0.4 is 10.4 Å². The normalized spacial score (nSPS) is 30.4. The summed E-state index contributed by atoms with van der Waals surface area (Å²) in [6, 6.07) is 7.48. The summed E-state index contributed by atoms with van der Waals surface area (Å²) >= 11 is 0. The molecule has 0 radical (unpaired) electrons. The lowest BCUT2D eigenvalue weighted by Crippen LogP contribution is -2.42. The van der Waals surface area contributed by atoms with E-state index in [-0.39, 0.29) is 17.7 Å². The van der Waals surface area contributed by atoms with Gasteiger partial charge < -0.3 is 15.2 Å². The van der Waals surface area contributed by atoms with Crippen LogP contribution >= 0.6 is 0 Å². The lowest BCUT2D eigenvalue weighted by Gasteiger charge is -2.28. The number of aryl methyl sites for hydroxylation is 1. The number of fused-ring (bicyclic) bond motifs is 2. The monoisotopic (exact) mass is 270 g/mol. The maximum Gasteiger partial charge on any atom is 0.228 e. The van der Waals surface area contributed by atoms with Crippen molar-refractivity contribution in [2.45, 2.75) is 13.3 Å². The second kappa shape index (κ2) is 4.78. The number of hydrogen-bond donors (Lipinski definition) is 1. The van der Waals surface area contributed by atoms with Gasteiger partial charge in [0, 0.05) is 17.6 Å². The smallest absolute Gasteiger partial charge is 0.228 e. The number of amides is 1. The summed E-state index contributed by atoms with van der Waals surface area (Å²) in [5.41, 5.74) is 1.70. The summed E-state index contributed by atoms with van der Waals surface area (Å²) in [5.74, 6) is -2.59. The Morgan fingerprint density at radius 3 is 2.45 bits per heavy atom. The molecule has 4 heteroatoms. The molecule has 1 aromatic carbocycles. The van der Waals surface area contributed by atoms with E-state index >= 15 is 0 Å². The largest absolute Gasteiger partial charge is 0.550 e. The van der Waals surface area contributed by atoms with E-state index in [1.54, 1.807) is 0 Å². The van der Waals surface area contributed by atoms with Crippen LogP contribution in [0.4, 0.5) is 5.69 Å². The molecule has 2 aliphatic carbocycles. The highest BCUT2D eigenvalue weighted by atomic mass is 16.4. The highest BCUT2D eigenvalue weighted by molar-refractivity contribution is 5.96. The maximum atomic E-state index is 12.4. The Bertz CT molecular complexity index is 593. The highest BCUT2D eigenvalue weighted by Gasteiger charge is 2.48. The fourth-order valence-electron chi connectivity index (χ4n) is 3.43. The average Bonchev–Trinajstić information content (AvgIpc) is 3.01. The Balaban J connectivity index is 1.82. The van der Waals surface area contributed by atoms with Crippen LogP contribution in [0.3, 0.4) is 0 Å². The molecule has 1 amide bonds. The standard InChI is InChI=1S/C16H17NO3/c1-9-4-2-3-5-12(9)17-15(18)13-10-6-7-11(8-10)14(13)16(19)20/h2-7,10-11,13-14H,8H2,1H3,(H,17,18)(H,19,20)/p-1/t10-,11+,13+,14-/m0/s1. The first kappa shape index (κ1) is 12.9. The quantitative estimate of drug-likeness (QED) is 0.837. The van der Waals surface area contributed by atoms with Crippen LogP contribution in [-0.4, -0.2) is 11.9 Å². The Morgan fingerprint density at radius 1 is 1.15 bits per heavy atom. The maximum absolute atomic E-state index is 12.4. The van der Waals surface area contributed by atoms with Crippen molar-refractivity contribution in [3.63, 3.8) is 0 Å². The number of carboxylic acids is 1. The van der Waals surface area contributed by atoms with Crippen molar-refractivity contribution >= 4 is 17.6 Å². The van der Waals surface area contributed by atoms with Crippen molar-refractivity contribution in [3.05, 3.63) is 42.0 Å². The number of carboxylic acid groups (broad SMARTS) is 1. The Kier molecular flexibility index (Phi) is 3.08. The van der Waals surface area contributed by atoms with Gasteiger partial charge in [0.15, 0.2) is 0 Å². The summed E-state index contributed by atoms with van der Waals surface area (Å²) in [7, 11) is 0. The zero-order valence-electron chi connectivity index (χ0n) is 11.2. The predicted octanol–water partition coefficient (Wildman–Crippen LogP) is 1.12. The van der Waals surface area contributed by atoms with E-state index in [0.717, 1.165) is 17.7 Å². The van der Waals surface area contributed by atoms with Crippen LogP contribution in [0.5, 0.6) is 0 Å². The fourth-order valence-corrected chi connectivity index (χ4v) is 3.43. The summed E-state index contributed by atoms with van der Waals surface area (Å²) < 4.78 is 0. The molecule has 2 bridgehead atoms. The van der Waals surface area contributed by atoms with Crippen molar-refractivity contribution < 1.29 is 14.7 Å². The van der Waals surface area contributed by atoms with E-state index in [0.29, 0.717) is 0 Å². The van der Waals surface area contributed by atoms with E-state index < -0.39 is 17.8 Å². The van der Waals surface area contributed by atoms with Crippen molar-refractivity contribution in [1.82, 2.24) is 0 Å².